The van der Waals surface area contributed by atoms with Gasteiger partial charge in [0.25, 0.3) is 0 Å². The first-order valence-corrected chi connectivity index (χ1v) is 11.7. The molecule has 1 saturated heterocycles. The van der Waals surface area contributed by atoms with E-state index in [1.165, 1.54) is 17.7 Å². The third-order valence-electron chi connectivity index (χ3n) is 7.07. The van der Waals surface area contributed by atoms with Crippen LogP contribution in [0.15, 0.2) is 48.5 Å². The van der Waals surface area contributed by atoms with E-state index >= 15 is 0 Å². The van der Waals surface area contributed by atoms with Crippen molar-refractivity contribution in [2.24, 2.45) is 0 Å². The predicted octanol–water partition coefficient (Wildman–Crippen LogP) is 5.23. The number of likely N-dealkylation sites (tertiary alicyclic amines) is 1. The van der Waals surface area contributed by atoms with Crippen LogP contribution >= 0.6 is 0 Å². The van der Waals surface area contributed by atoms with Crippen LogP contribution in [0.1, 0.15) is 61.4 Å². The minimum absolute atomic E-state index is 0.00135. The zero-order valence-corrected chi connectivity index (χ0v) is 19.1. The summed E-state index contributed by atoms with van der Waals surface area (Å²) in [6, 6.07) is 13.6. The Balaban J connectivity index is 1.55. The van der Waals surface area contributed by atoms with Crippen molar-refractivity contribution < 1.29 is 22.7 Å². The molecule has 1 amide bonds. The smallest absolute Gasteiger partial charge is 0.375 e. The number of halogens is 3. The number of benzene rings is 2. The largest absolute Gasteiger partial charge is 0.416 e. The lowest BCUT2D eigenvalue weighted by molar-refractivity contribution is -0.137. The van der Waals surface area contributed by atoms with Crippen molar-refractivity contribution in [1.29, 1.82) is 0 Å². The van der Waals surface area contributed by atoms with Crippen molar-refractivity contribution >= 4 is 5.91 Å². The van der Waals surface area contributed by atoms with Crippen LogP contribution in [-0.4, -0.2) is 36.6 Å². The van der Waals surface area contributed by atoms with Gasteiger partial charge >= 0.3 is 6.18 Å². The number of nitrogens with zero attached hydrogens (tertiary/aromatic N) is 1. The molecule has 0 radical (unpaired) electrons. The fraction of sp³-hybridized carbons (Fsp3) is 0.500. The number of nitrogens with one attached hydrogen (secondary N) is 1. The van der Waals surface area contributed by atoms with Gasteiger partial charge in [0.05, 0.1) is 17.7 Å². The highest BCUT2D eigenvalue weighted by Gasteiger charge is 2.54. The first-order chi connectivity index (χ1) is 15.8. The van der Waals surface area contributed by atoms with Crippen LogP contribution in [0.5, 0.6) is 0 Å². The van der Waals surface area contributed by atoms with Crippen LogP contribution in [0.2, 0.25) is 0 Å². The Morgan fingerprint density at radius 3 is 2.52 bits per heavy atom. The summed E-state index contributed by atoms with van der Waals surface area (Å²) in [5, 5.41) is 3.18. The number of carbonyl (C=O) groups excluding carboxylic acids is 1. The summed E-state index contributed by atoms with van der Waals surface area (Å²) in [4.78, 5) is 14.5. The average Bonchev–Trinajstić information content (AvgIpc) is 3.04. The van der Waals surface area contributed by atoms with Gasteiger partial charge in [-0.25, -0.2) is 0 Å². The molecule has 0 saturated carbocycles. The van der Waals surface area contributed by atoms with Gasteiger partial charge in [0.2, 0.25) is 5.91 Å². The van der Waals surface area contributed by atoms with Crippen molar-refractivity contribution in [2.75, 3.05) is 19.7 Å². The number of piperidine rings is 1. The Morgan fingerprint density at radius 1 is 1.12 bits per heavy atom. The highest BCUT2D eigenvalue weighted by atomic mass is 19.4. The Bertz CT molecular complexity index is 983. The van der Waals surface area contributed by atoms with Gasteiger partial charge in [-0.2, -0.15) is 13.2 Å². The summed E-state index contributed by atoms with van der Waals surface area (Å²) >= 11 is 0. The highest BCUT2D eigenvalue weighted by Crippen LogP contribution is 2.52. The Kier molecular flexibility index (Phi) is 6.82. The van der Waals surface area contributed by atoms with Crippen LogP contribution in [0.4, 0.5) is 13.2 Å². The molecule has 4 rings (SSSR count). The zero-order valence-electron chi connectivity index (χ0n) is 19.1. The van der Waals surface area contributed by atoms with Gasteiger partial charge in [-0.05, 0) is 55.6 Å². The van der Waals surface area contributed by atoms with Crippen LogP contribution < -0.4 is 5.32 Å². The summed E-state index contributed by atoms with van der Waals surface area (Å²) in [6.45, 7) is 6.35. The molecule has 0 aromatic heterocycles. The average molecular weight is 461 g/mol. The molecule has 1 spiro atoms. The third kappa shape index (κ3) is 4.66. The molecular formula is C26H31F3N2O2. The second-order valence-electron chi connectivity index (χ2n) is 8.99. The van der Waals surface area contributed by atoms with Gasteiger partial charge in [-0.15, -0.1) is 0 Å². The Labute approximate surface area is 193 Å². The van der Waals surface area contributed by atoms with Gasteiger partial charge in [0.1, 0.15) is 0 Å². The molecule has 0 unspecified atom stereocenters. The van der Waals surface area contributed by atoms with E-state index in [0.717, 1.165) is 37.6 Å². The molecule has 1 N–H and O–H groups in total. The second-order valence-corrected chi connectivity index (χ2v) is 8.99. The molecule has 2 aromatic carbocycles. The Morgan fingerprint density at radius 2 is 1.85 bits per heavy atom. The summed E-state index contributed by atoms with van der Waals surface area (Å²) < 4.78 is 45.6. The zero-order chi connectivity index (χ0) is 23.6. The number of alkyl halides is 3. The first-order valence-electron chi connectivity index (χ1n) is 11.7. The maximum atomic E-state index is 13.1. The number of fused-ring (bicyclic) bond motifs is 2. The van der Waals surface area contributed by atoms with Gasteiger partial charge in [-0.3, -0.25) is 9.69 Å². The van der Waals surface area contributed by atoms with Gasteiger partial charge in [0.15, 0.2) is 0 Å². The van der Waals surface area contributed by atoms with Crippen LogP contribution in [0, 0.1) is 0 Å². The van der Waals surface area contributed by atoms with Crippen molar-refractivity contribution in [3.8, 4) is 0 Å². The van der Waals surface area contributed by atoms with Crippen molar-refractivity contribution in [3.05, 3.63) is 70.8 Å². The molecule has 0 bridgehead atoms. The van der Waals surface area contributed by atoms with Gasteiger partial charge in [-0.1, -0.05) is 49.4 Å². The number of carbonyl (C=O) groups is 1. The summed E-state index contributed by atoms with van der Waals surface area (Å²) in [5.41, 5.74) is 2.18. The predicted molar refractivity (Wildman–Crippen MR) is 121 cm³/mol. The van der Waals surface area contributed by atoms with E-state index in [1.54, 1.807) is 6.07 Å². The number of rotatable bonds is 6. The monoisotopic (exact) mass is 460 g/mol. The normalized spacial score (nSPS) is 22.3. The molecule has 2 atom stereocenters. The molecule has 33 heavy (non-hydrogen) atoms. The third-order valence-corrected chi connectivity index (χ3v) is 7.07. The standard InChI is InChI=1S/C26H31F3N2O2/c1-3-22(32)30-23-20-10-5-6-11-21(20)25(24(23)33-4-2)12-14-31(15-13-25)17-18-8-7-9-19(16-18)26(27,28)29/h5-11,16,23-24H,3-4,12-15,17H2,1-2H3,(H,30,32)/t23-,24+/m0/s1. The summed E-state index contributed by atoms with van der Waals surface area (Å²) in [5.74, 6) is -0.00135. The van der Waals surface area contributed by atoms with Crippen LogP contribution in [0.25, 0.3) is 0 Å². The molecule has 1 aliphatic carbocycles. The number of ether oxygens (including phenoxy) is 1. The molecule has 2 aromatic rings. The van der Waals surface area contributed by atoms with Crippen molar-refractivity contribution in [1.82, 2.24) is 10.2 Å². The van der Waals surface area contributed by atoms with Gasteiger partial charge < -0.3 is 10.1 Å². The van der Waals surface area contributed by atoms with E-state index in [4.69, 9.17) is 4.74 Å². The molecule has 178 valence electrons. The quantitative estimate of drug-likeness (QED) is 0.642. The molecular weight excluding hydrogens is 429 g/mol. The van der Waals surface area contributed by atoms with E-state index in [1.807, 2.05) is 26.0 Å². The minimum atomic E-state index is -4.34. The number of hydrogen-bond donors (Lipinski definition) is 1. The molecule has 1 fully saturated rings. The fourth-order valence-corrected chi connectivity index (χ4v) is 5.49. The maximum Gasteiger partial charge on any atom is 0.416 e. The Hall–Kier alpha value is -2.38. The topological polar surface area (TPSA) is 41.6 Å². The number of hydrogen-bond acceptors (Lipinski definition) is 3. The molecule has 4 nitrogen and oxygen atoms in total. The maximum absolute atomic E-state index is 13.1. The van der Waals surface area contributed by atoms with Crippen LogP contribution in [-0.2, 0) is 27.7 Å². The highest BCUT2D eigenvalue weighted by molar-refractivity contribution is 5.76. The molecule has 1 heterocycles. The fourth-order valence-electron chi connectivity index (χ4n) is 5.49. The van der Waals surface area contributed by atoms with Crippen molar-refractivity contribution in [2.45, 2.75) is 63.4 Å². The lowest BCUT2D eigenvalue weighted by atomic mass is 9.71. The van der Waals surface area contributed by atoms with Gasteiger partial charge in [0, 0.05) is 25.0 Å². The first kappa shape index (κ1) is 23.8. The SMILES string of the molecule is CCO[C@@H]1[C@@H](NC(=O)CC)c2ccccc2C12CCN(Cc1cccc(C(F)(F)F)c1)CC2. The molecule has 1 aliphatic heterocycles. The molecule has 7 heteroatoms. The summed E-state index contributed by atoms with van der Waals surface area (Å²) in [7, 11) is 0. The van der Waals surface area contributed by atoms with E-state index < -0.39 is 11.7 Å². The van der Waals surface area contributed by atoms with E-state index in [-0.39, 0.29) is 23.5 Å². The van der Waals surface area contributed by atoms with E-state index in [9.17, 15) is 18.0 Å². The lowest BCUT2D eigenvalue weighted by Gasteiger charge is -2.44. The van der Waals surface area contributed by atoms with E-state index in [0.29, 0.717) is 25.1 Å². The lowest BCUT2D eigenvalue weighted by Crippen LogP contribution is -2.50. The number of amides is 1. The van der Waals surface area contributed by atoms with E-state index in [2.05, 4.69) is 22.3 Å². The van der Waals surface area contributed by atoms with Crippen molar-refractivity contribution in [3.63, 3.8) is 0 Å². The molecule has 2 aliphatic rings. The minimum Gasteiger partial charge on any atom is -0.375 e. The second kappa shape index (κ2) is 9.47. The van der Waals surface area contributed by atoms with Crippen LogP contribution in [0.3, 0.4) is 0 Å². The summed E-state index contributed by atoms with van der Waals surface area (Å²) in [6.07, 6.45) is -2.43.